The summed E-state index contributed by atoms with van der Waals surface area (Å²) in [5.41, 5.74) is -0.480. The van der Waals surface area contributed by atoms with Crippen LogP contribution in [-0.4, -0.2) is 37.9 Å². The molecule has 0 aromatic carbocycles. The molecule has 5 nitrogen and oxygen atoms in total. The number of aliphatic hydroxyl groups is 1. The number of aromatic amines is 1. The Morgan fingerprint density at radius 3 is 2.75 bits per heavy atom. The molecule has 16 heavy (non-hydrogen) atoms. The monoisotopic (exact) mass is 257 g/mol. The van der Waals surface area contributed by atoms with Gasteiger partial charge in [0.05, 0.1) is 0 Å². The summed E-state index contributed by atoms with van der Waals surface area (Å²) in [6.45, 7) is 1.97. The predicted octanol–water partition coefficient (Wildman–Crippen LogP) is 0.607. The molecule has 0 aliphatic heterocycles. The number of alkyl halides is 3. The van der Waals surface area contributed by atoms with Crippen molar-refractivity contribution in [2.45, 2.75) is 30.9 Å². The Morgan fingerprint density at radius 1 is 1.62 bits per heavy atom. The molecule has 1 aromatic rings. The van der Waals surface area contributed by atoms with Crippen molar-refractivity contribution in [3.63, 3.8) is 0 Å². The summed E-state index contributed by atoms with van der Waals surface area (Å²) in [6, 6.07) is 0. The van der Waals surface area contributed by atoms with Crippen molar-refractivity contribution in [1.82, 2.24) is 14.8 Å². The second kappa shape index (κ2) is 4.91. The number of H-pyrrole nitrogens is 1. The van der Waals surface area contributed by atoms with Crippen LogP contribution in [-0.2, 0) is 6.54 Å². The van der Waals surface area contributed by atoms with Crippen LogP contribution < -0.4 is 5.69 Å². The lowest BCUT2D eigenvalue weighted by Gasteiger charge is -2.13. The second-order valence-corrected chi connectivity index (χ2v) is 3.91. The maximum atomic E-state index is 12.0. The van der Waals surface area contributed by atoms with Crippen molar-refractivity contribution < 1.29 is 18.3 Å². The molecule has 1 heterocycles. The van der Waals surface area contributed by atoms with E-state index in [2.05, 4.69) is 10.2 Å². The van der Waals surface area contributed by atoms with Gasteiger partial charge < -0.3 is 5.11 Å². The average molecular weight is 257 g/mol. The van der Waals surface area contributed by atoms with E-state index in [0.717, 1.165) is 0 Å². The first-order chi connectivity index (χ1) is 7.36. The first kappa shape index (κ1) is 13.1. The van der Waals surface area contributed by atoms with Gasteiger partial charge in [-0.3, -0.25) is 4.57 Å². The van der Waals surface area contributed by atoms with Gasteiger partial charge in [0.15, 0.2) is 11.3 Å². The number of rotatable bonds is 4. The molecule has 2 N–H and O–H groups in total. The van der Waals surface area contributed by atoms with Crippen molar-refractivity contribution in [2.24, 2.45) is 0 Å². The fourth-order valence-electron chi connectivity index (χ4n) is 0.940. The smallest absolute Gasteiger partial charge is 0.383 e. The molecule has 0 fully saturated rings. The Balaban J connectivity index is 2.65. The lowest BCUT2D eigenvalue weighted by Crippen LogP contribution is -2.30. The van der Waals surface area contributed by atoms with Crippen molar-refractivity contribution in [3.8, 4) is 0 Å². The Kier molecular flexibility index (Phi) is 4.03. The van der Waals surface area contributed by atoms with Gasteiger partial charge in [0.1, 0.15) is 0 Å². The van der Waals surface area contributed by atoms with E-state index in [4.69, 9.17) is 5.11 Å². The minimum absolute atomic E-state index is 0.135. The van der Waals surface area contributed by atoms with E-state index in [1.165, 1.54) is 4.57 Å². The molecule has 1 rings (SSSR count). The normalized spacial score (nSPS) is 14.1. The average Bonchev–Trinajstić information content (AvgIpc) is 2.54. The van der Waals surface area contributed by atoms with Crippen LogP contribution in [0, 0.1) is 0 Å². The SMILES string of the molecule is CCn1c(SCC(O)C(F)(F)F)n[nH]c1=O. The molecular weight excluding hydrogens is 247 g/mol. The molecular formula is C7H10F3N3O2S. The van der Waals surface area contributed by atoms with Gasteiger partial charge in [-0.25, -0.2) is 9.89 Å². The van der Waals surface area contributed by atoms with Crippen molar-refractivity contribution >= 4 is 11.8 Å². The number of hydrogen-bond donors (Lipinski definition) is 2. The Morgan fingerprint density at radius 2 is 2.25 bits per heavy atom. The molecule has 0 bridgehead atoms. The number of nitrogens with one attached hydrogen (secondary N) is 1. The zero-order valence-electron chi connectivity index (χ0n) is 8.28. The molecule has 0 amide bonds. The highest BCUT2D eigenvalue weighted by molar-refractivity contribution is 7.99. The van der Waals surface area contributed by atoms with Crippen LogP contribution in [0.4, 0.5) is 13.2 Å². The molecule has 0 saturated heterocycles. The van der Waals surface area contributed by atoms with Crippen molar-refractivity contribution in [3.05, 3.63) is 10.5 Å². The fourth-order valence-corrected chi connectivity index (χ4v) is 1.91. The quantitative estimate of drug-likeness (QED) is 0.775. The Bertz CT molecular complexity index is 400. The zero-order valence-corrected chi connectivity index (χ0v) is 9.10. The number of aliphatic hydroxyl groups excluding tert-OH is 1. The van der Waals surface area contributed by atoms with Crippen molar-refractivity contribution in [2.75, 3.05) is 5.75 Å². The van der Waals surface area contributed by atoms with E-state index in [9.17, 15) is 18.0 Å². The van der Waals surface area contributed by atoms with Gasteiger partial charge in [-0.1, -0.05) is 11.8 Å². The number of aromatic nitrogens is 3. The van der Waals surface area contributed by atoms with Gasteiger partial charge in [0.25, 0.3) is 0 Å². The van der Waals surface area contributed by atoms with E-state index >= 15 is 0 Å². The summed E-state index contributed by atoms with van der Waals surface area (Å²) in [5.74, 6) is -0.589. The summed E-state index contributed by atoms with van der Waals surface area (Å²) in [6.07, 6.45) is -7.07. The number of nitrogens with zero attached hydrogens (tertiary/aromatic N) is 2. The van der Waals surface area contributed by atoms with E-state index in [0.29, 0.717) is 18.3 Å². The van der Waals surface area contributed by atoms with Crippen LogP contribution >= 0.6 is 11.8 Å². The van der Waals surface area contributed by atoms with Gasteiger partial charge in [0.2, 0.25) is 0 Å². The maximum Gasteiger partial charge on any atom is 0.415 e. The van der Waals surface area contributed by atoms with Crippen molar-refractivity contribution in [1.29, 1.82) is 0 Å². The van der Waals surface area contributed by atoms with Crippen LogP contribution in [0.25, 0.3) is 0 Å². The topological polar surface area (TPSA) is 70.9 Å². The van der Waals surface area contributed by atoms with Gasteiger partial charge >= 0.3 is 11.9 Å². The summed E-state index contributed by atoms with van der Waals surface area (Å²) < 4.78 is 37.1. The van der Waals surface area contributed by atoms with Crippen LogP contribution in [0.5, 0.6) is 0 Å². The van der Waals surface area contributed by atoms with Crippen LogP contribution in [0.3, 0.4) is 0 Å². The summed E-state index contributed by atoms with van der Waals surface area (Å²) >= 11 is 0.678. The van der Waals surface area contributed by atoms with Crippen LogP contribution in [0.1, 0.15) is 6.92 Å². The highest BCUT2D eigenvalue weighted by atomic mass is 32.2. The van der Waals surface area contributed by atoms with Gasteiger partial charge in [-0.2, -0.15) is 13.2 Å². The maximum absolute atomic E-state index is 12.0. The number of thioether (sulfide) groups is 1. The van der Waals surface area contributed by atoms with E-state index in [-0.39, 0.29) is 5.16 Å². The van der Waals surface area contributed by atoms with Crippen LogP contribution in [0.15, 0.2) is 9.95 Å². The predicted molar refractivity (Wildman–Crippen MR) is 51.3 cm³/mol. The largest absolute Gasteiger partial charge is 0.415 e. The van der Waals surface area contributed by atoms with E-state index < -0.39 is 23.7 Å². The lowest BCUT2D eigenvalue weighted by molar-refractivity contribution is -0.195. The third kappa shape index (κ3) is 3.01. The van der Waals surface area contributed by atoms with Gasteiger partial charge in [-0.15, -0.1) is 5.10 Å². The lowest BCUT2D eigenvalue weighted by atomic mass is 10.4. The first-order valence-corrected chi connectivity index (χ1v) is 5.37. The molecule has 9 heteroatoms. The first-order valence-electron chi connectivity index (χ1n) is 4.39. The summed E-state index contributed by atoms with van der Waals surface area (Å²) in [5, 5.41) is 14.6. The molecule has 1 unspecified atom stereocenters. The molecule has 92 valence electrons. The van der Waals surface area contributed by atoms with Crippen LogP contribution in [0.2, 0.25) is 0 Å². The molecule has 0 aliphatic rings. The Labute approximate surface area is 92.7 Å². The molecule has 1 aromatic heterocycles. The highest BCUT2D eigenvalue weighted by Gasteiger charge is 2.38. The fraction of sp³-hybridized carbons (Fsp3) is 0.714. The standard InChI is InChI=1S/C7H10F3N3O2S/c1-2-13-5(15)11-12-6(13)16-3-4(14)7(8,9)10/h4,14H,2-3H2,1H3,(H,11,15). The minimum atomic E-state index is -4.65. The Hall–Kier alpha value is -0.960. The third-order valence-corrected chi connectivity index (χ3v) is 2.84. The van der Waals surface area contributed by atoms with Gasteiger partial charge in [0, 0.05) is 12.3 Å². The molecule has 1 atom stereocenters. The summed E-state index contributed by atoms with van der Waals surface area (Å²) in [7, 11) is 0. The molecule has 0 radical (unpaired) electrons. The molecule has 0 spiro atoms. The van der Waals surface area contributed by atoms with E-state index in [1.807, 2.05) is 0 Å². The highest BCUT2D eigenvalue weighted by Crippen LogP contribution is 2.25. The molecule has 0 aliphatic carbocycles. The molecule has 0 saturated carbocycles. The number of halogens is 3. The minimum Gasteiger partial charge on any atom is -0.383 e. The van der Waals surface area contributed by atoms with Gasteiger partial charge in [-0.05, 0) is 6.92 Å². The van der Waals surface area contributed by atoms with E-state index in [1.54, 1.807) is 6.92 Å². The number of hydrogen-bond acceptors (Lipinski definition) is 4. The zero-order chi connectivity index (χ0) is 12.3. The second-order valence-electron chi connectivity index (χ2n) is 2.92. The third-order valence-electron chi connectivity index (χ3n) is 1.79. The summed E-state index contributed by atoms with van der Waals surface area (Å²) in [4.78, 5) is 11.1.